The zero-order valence-corrected chi connectivity index (χ0v) is 20.3. The van der Waals surface area contributed by atoms with Crippen LogP contribution in [0.1, 0.15) is 28.9 Å². The minimum absolute atomic E-state index is 0.176. The van der Waals surface area contributed by atoms with Gasteiger partial charge in [-0.05, 0) is 42.8 Å². The van der Waals surface area contributed by atoms with Crippen molar-refractivity contribution in [3.05, 3.63) is 78.2 Å². The molecular weight excluding hydrogens is 470 g/mol. The molecule has 2 atom stereocenters. The molecule has 0 spiro atoms. The predicted octanol–water partition coefficient (Wildman–Crippen LogP) is 3.34. The molecular formula is C28H25N5O4. The Kier molecular flexibility index (Phi) is 5.67. The smallest absolute Gasteiger partial charge is 0.291 e. The van der Waals surface area contributed by atoms with Gasteiger partial charge < -0.3 is 19.5 Å². The van der Waals surface area contributed by atoms with Gasteiger partial charge in [-0.1, -0.05) is 24.3 Å². The molecule has 4 aromatic rings. The Bertz CT molecular complexity index is 1480. The fourth-order valence-corrected chi connectivity index (χ4v) is 5.17. The van der Waals surface area contributed by atoms with E-state index in [1.807, 2.05) is 37.3 Å². The van der Waals surface area contributed by atoms with Gasteiger partial charge >= 0.3 is 0 Å². The second-order valence-corrected chi connectivity index (χ2v) is 9.38. The Morgan fingerprint density at radius 2 is 1.84 bits per heavy atom. The van der Waals surface area contributed by atoms with E-state index in [0.29, 0.717) is 42.5 Å². The topological polar surface area (TPSA) is 109 Å². The van der Waals surface area contributed by atoms with Gasteiger partial charge in [-0.2, -0.15) is 0 Å². The summed E-state index contributed by atoms with van der Waals surface area (Å²) in [6.45, 7) is 3.14. The van der Waals surface area contributed by atoms with Crippen molar-refractivity contribution < 1.29 is 18.8 Å². The van der Waals surface area contributed by atoms with E-state index in [-0.39, 0.29) is 18.5 Å². The Morgan fingerprint density at radius 1 is 1.00 bits per heavy atom. The lowest BCUT2D eigenvalue weighted by atomic mass is 9.95. The van der Waals surface area contributed by atoms with Gasteiger partial charge in [0.1, 0.15) is 17.0 Å². The highest BCUT2D eigenvalue weighted by molar-refractivity contribution is 6.38. The average Bonchev–Trinajstić information content (AvgIpc) is 3.57. The van der Waals surface area contributed by atoms with Crippen molar-refractivity contribution in [1.82, 2.24) is 19.8 Å². The van der Waals surface area contributed by atoms with Gasteiger partial charge in [0.15, 0.2) is 5.76 Å². The molecule has 9 nitrogen and oxygen atoms in total. The number of rotatable bonds is 4. The summed E-state index contributed by atoms with van der Waals surface area (Å²) in [4.78, 5) is 51.4. The van der Waals surface area contributed by atoms with E-state index >= 15 is 0 Å². The zero-order valence-electron chi connectivity index (χ0n) is 20.3. The van der Waals surface area contributed by atoms with Gasteiger partial charge in [-0.15, -0.1) is 0 Å². The molecule has 0 radical (unpaired) electrons. The number of nitrogens with zero attached hydrogens (tertiary/aromatic N) is 4. The van der Waals surface area contributed by atoms with Crippen LogP contribution in [-0.4, -0.2) is 69.6 Å². The summed E-state index contributed by atoms with van der Waals surface area (Å²) >= 11 is 0. The number of Topliss-reactive ketones (excluding diaryl/α,β-unsaturated/α-hetero) is 1. The van der Waals surface area contributed by atoms with Crippen molar-refractivity contribution in [2.45, 2.75) is 18.9 Å². The number of carbonyl (C=O) groups is 3. The molecule has 2 unspecified atom stereocenters. The van der Waals surface area contributed by atoms with Crippen molar-refractivity contribution in [3.8, 4) is 11.5 Å². The number of piperazine rings is 1. The summed E-state index contributed by atoms with van der Waals surface area (Å²) in [5.74, 6) is -1.18. The number of benzene rings is 1. The highest BCUT2D eigenvalue weighted by Crippen LogP contribution is 2.40. The van der Waals surface area contributed by atoms with E-state index in [1.54, 1.807) is 46.5 Å². The predicted molar refractivity (Wildman–Crippen MR) is 137 cm³/mol. The number of hydrogen-bond acceptors (Lipinski definition) is 7. The molecule has 6 rings (SSSR count). The number of aromatic nitrogens is 2. The minimum atomic E-state index is -0.617. The van der Waals surface area contributed by atoms with Gasteiger partial charge in [0.05, 0.1) is 11.6 Å². The first kappa shape index (κ1) is 22.9. The van der Waals surface area contributed by atoms with Gasteiger partial charge in [0.25, 0.3) is 11.8 Å². The summed E-state index contributed by atoms with van der Waals surface area (Å²) in [7, 11) is 0. The van der Waals surface area contributed by atoms with E-state index in [9.17, 15) is 14.4 Å². The van der Waals surface area contributed by atoms with Crippen LogP contribution in [0.15, 0.2) is 71.4 Å². The van der Waals surface area contributed by atoms with Crippen LogP contribution in [0.4, 0.5) is 5.69 Å². The number of amides is 2. The van der Waals surface area contributed by atoms with Gasteiger partial charge in [-0.25, -0.2) is 0 Å². The minimum Gasteiger partial charge on any atom is -0.454 e. The standard InChI is InChI=1S/C28H25N5O4/c1-17-16-32(27(35)21-7-4-5-10-29-21)12-13-33(17)28(36)26(34)20-15-31-24-19(20)9-11-30-25(24)23-14-18-6-2-3-8-22(18)37-23/h2-11,14,17,20,31H,12-13,15-16H2,1H3. The zero-order chi connectivity index (χ0) is 25.5. The number of ketones is 1. The number of para-hydroxylation sites is 1. The molecule has 9 heteroatoms. The first-order chi connectivity index (χ1) is 18.0. The highest BCUT2D eigenvalue weighted by Gasteiger charge is 2.39. The number of furan rings is 1. The van der Waals surface area contributed by atoms with Crippen LogP contribution in [-0.2, 0) is 9.59 Å². The summed E-state index contributed by atoms with van der Waals surface area (Å²) in [6.07, 6.45) is 3.22. The van der Waals surface area contributed by atoms with Crippen LogP contribution < -0.4 is 5.32 Å². The normalized spacial score (nSPS) is 18.9. The number of carbonyl (C=O) groups excluding carboxylic acids is 3. The molecule has 0 saturated carbocycles. The van der Waals surface area contributed by atoms with Crippen molar-refractivity contribution >= 4 is 34.3 Å². The molecule has 1 saturated heterocycles. The van der Waals surface area contributed by atoms with E-state index in [2.05, 4.69) is 15.3 Å². The molecule has 1 N–H and O–H groups in total. The third-order valence-electron chi connectivity index (χ3n) is 7.09. The monoisotopic (exact) mass is 495 g/mol. The third kappa shape index (κ3) is 4.02. The molecule has 1 aromatic carbocycles. The molecule has 2 aliphatic heterocycles. The maximum Gasteiger partial charge on any atom is 0.291 e. The lowest BCUT2D eigenvalue weighted by molar-refractivity contribution is -0.148. The molecule has 37 heavy (non-hydrogen) atoms. The SMILES string of the molecule is CC1CN(C(=O)c2ccccn2)CCN1C(=O)C(=O)C1CNc2c1ccnc2-c1cc2ccccc2o1. The number of anilines is 1. The fourth-order valence-electron chi connectivity index (χ4n) is 5.17. The Labute approximate surface area is 213 Å². The fraction of sp³-hybridized carbons (Fsp3) is 0.250. The van der Waals surface area contributed by atoms with E-state index < -0.39 is 17.6 Å². The first-order valence-corrected chi connectivity index (χ1v) is 12.3. The first-order valence-electron chi connectivity index (χ1n) is 12.3. The molecule has 1 fully saturated rings. The summed E-state index contributed by atoms with van der Waals surface area (Å²) < 4.78 is 5.99. The third-order valence-corrected chi connectivity index (χ3v) is 7.09. The van der Waals surface area contributed by atoms with E-state index in [0.717, 1.165) is 16.5 Å². The molecule has 0 bridgehead atoms. The second-order valence-electron chi connectivity index (χ2n) is 9.38. The summed E-state index contributed by atoms with van der Waals surface area (Å²) in [5.41, 5.74) is 3.19. The Morgan fingerprint density at radius 3 is 2.62 bits per heavy atom. The molecule has 3 aromatic heterocycles. The second kappa shape index (κ2) is 9.16. The van der Waals surface area contributed by atoms with Crippen LogP contribution >= 0.6 is 0 Å². The van der Waals surface area contributed by atoms with Crippen molar-refractivity contribution in [2.24, 2.45) is 0 Å². The van der Waals surface area contributed by atoms with E-state index in [4.69, 9.17) is 4.42 Å². The largest absolute Gasteiger partial charge is 0.454 e. The van der Waals surface area contributed by atoms with Crippen LogP contribution in [0.5, 0.6) is 0 Å². The maximum absolute atomic E-state index is 13.4. The van der Waals surface area contributed by atoms with Gasteiger partial charge in [0, 0.05) is 50.0 Å². The quantitative estimate of drug-likeness (QED) is 0.433. The maximum atomic E-state index is 13.4. The van der Waals surface area contributed by atoms with Crippen molar-refractivity contribution in [1.29, 1.82) is 0 Å². The molecule has 0 aliphatic carbocycles. The molecule has 186 valence electrons. The highest BCUT2D eigenvalue weighted by atomic mass is 16.3. The van der Waals surface area contributed by atoms with Crippen LogP contribution in [0.25, 0.3) is 22.4 Å². The summed E-state index contributed by atoms with van der Waals surface area (Å²) in [5, 5.41) is 4.24. The average molecular weight is 496 g/mol. The number of pyridine rings is 2. The lowest BCUT2D eigenvalue weighted by Crippen LogP contribution is -2.57. The van der Waals surface area contributed by atoms with Crippen molar-refractivity contribution in [3.63, 3.8) is 0 Å². The molecule has 2 aliphatic rings. The van der Waals surface area contributed by atoms with E-state index in [1.165, 1.54) is 0 Å². The van der Waals surface area contributed by atoms with Crippen LogP contribution in [0.2, 0.25) is 0 Å². The van der Waals surface area contributed by atoms with Crippen LogP contribution in [0, 0.1) is 0 Å². The van der Waals surface area contributed by atoms with Gasteiger partial charge in [0.2, 0.25) is 5.78 Å². The van der Waals surface area contributed by atoms with Gasteiger partial charge in [-0.3, -0.25) is 24.4 Å². The van der Waals surface area contributed by atoms with Crippen molar-refractivity contribution in [2.75, 3.05) is 31.5 Å². The Balaban J connectivity index is 1.19. The molecule has 2 amide bonds. The molecule has 5 heterocycles. The number of nitrogens with one attached hydrogen (secondary N) is 1. The lowest BCUT2D eigenvalue weighted by Gasteiger charge is -2.39. The summed E-state index contributed by atoms with van der Waals surface area (Å²) in [6, 6.07) is 16.3. The Hall–Kier alpha value is -4.53. The number of hydrogen-bond donors (Lipinski definition) is 1. The van der Waals surface area contributed by atoms with Crippen LogP contribution in [0.3, 0.4) is 0 Å². The number of fused-ring (bicyclic) bond motifs is 2.